The topological polar surface area (TPSA) is 133 Å². The van der Waals surface area contributed by atoms with Crippen molar-refractivity contribution in [1.82, 2.24) is 10.9 Å². The van der Waals surface area contributed by atoms with E-state index in [0.29, 0.717) is 0 Å². The van der Waals surface area contributed by atoms with Crippen LogP contribution in [0.15, 0.2) is 34.5 Å². The van der Waals surface area contributed by atoms with Crippen molar-refractivity contribution in [2.45, 2.75) is 105 Å². The number of benzene rings is 2. The summed E-state index contributed by atoms with van der Waals surface area (Å²) < 4.78 is 5.21. The minimum Gasteiger partial charge on any atom is -0.507 e. The average molecular weight is 595 g/mol. The lowest BCUT2D eigenvalue weighted by Gasteiger charge is -2.27. The zero-order valence-electron chi connectivity index (χ0n) is 27.9. The van der Waals surface area contributed by atoms with Crippen molar-refractivity contribution in [3.05, 3.63) is 57.6 Å². The second-order valence-electron chi connectivity index (χ2n) is 15.0. The average Bonchev–Trinajstić information content (AvgIpc) is 2.82. The van der Waals surface area contributed by atoms with E-state index in [4.69, 9.17) is 4.74 Å². The van der Waals surface area contributed by atoms with E-state index < -0.39 is 11.8 Å². The Morgan fingerprint density at radius 2 is 0.860 bits per heavy atom. The molecule has 0 aliphatic rings. The maximum Gasteiger partial charge on any atom is 0.266 e. The molecular weight excluding hydrogens is 544 g/mol. The van der Waals surface area contributed by atoms with Gasteiger partial charge in [0.25, 0.3) is 11.8 Å². The maximum absolute atomic E-state index is 12.2. The molecule has 2 aromatic carbocycles. The van der Waals surface area contributed by atoms with Gasteiger partial charge in [-0.25, -0.2) is 10.9 Å². The van der Waals surface area contributed by atoms with Gasteiger partial charge in [0.15, 0.2) is 0 Å². The Hall–Kier alpha value is -3.72. The van der Waals surface area contributed by atoms with Crippen molar-refractivity contribution in [1.29, 1.82) is 0 Å². The van der Waals surface area contributed by atoms with Crippen molar-refractivity contribution >= 4 is 24.2 Å². The van der Waals surface area contributed by atoms with E-state index in [0.717, 1.165) is 33.4 Å². The number of nitrogens with one attached hydrogen (secondary N) is 2. The van der Waals surface area contributed by atoms with Gasteiger partial charge in [0.2, 0.25) is 0 Å². The predicted octanol–water partition coefficient (Wildman–Crippen LogP) is 5.90. The number of carbonyl (C=O) groups excluding carboxylic acids is 2. The zero-order valence-corrected chi connectivity index (χ0v) is 27.9. The summed E-state index contributed by atoms with van der Waals surface area (Å²) in [6.45, 7) is 23.5. The predicted molar refractivity (Wildman–Crippen MR) is 173 cm³/mol. The Labute approximate surface area is 256 Å². The van der Waals surface area contributed by atoms with E-state index in [9.17, 15) is 19.8 Å². The van der Waals surface area contributed by atoms with Crippen LogP contribution >= 0.6 is 0 Å². The van der Waals surface area contributed by atoms with Gasteiger partial charge in [-0.15, -0.1) is 0 Å². The van der Waals surface area contributed by atoms with Crippen LogP contribution in [0.2, 0.25) is 0 Å². The molecule has 43 heavy (non-hydrogen) atoms. The first kappa shape index (κ1) is 35.5. The van der Waals surface area contributed by atoms with Crippen LogP contribution in [-0.2, 0) is 36.0 Å². The number of hydrazone groups is 2. The summed E-state index contributed by atoms with van der Waals surface area (Å²) in [5, 5.41) is 29.8. The van der Waals surface area contributed by atoms with Crippen LogP contribution in [0.1, 0.15) is 116 Å². The van der Waals surface area contributed by atoms with Crippen LogP contribution in [0.3, 0.4) is 0 Å². The van der Waals surface area contributed by atoms with Gasteiger partial charge in [0.1, 0.15) is 24.7 Å². The molecule has 0 heterocycles. The summed E-state index contributed by atoms with van der Waals surface area (Å²) in [6.07, 6.45) is 3.03. The molecule has 2 aromatic rings. The van der Waals surface area contributed by atoms with Crippen LogP contribution in [-0.4, -0.2) is 47.7 Å². The van der Waals surface area contributed by atoms with Crippen molar-refractivity contribution in [3.8, 4) is 11.5 Å². The molecule has 0 saturated heterocycles. The summed E-state index contributed by atoms with van der Waals surface area (Å²) in [5.74, 6) is -0.506. The fraction of sp³-hybridized carbons (Fsp3) is 0.529. The van der Waals surface area contributed by atoms with Crippen molar-refractivity contribution < 1.29 is 24.5 Å². The molecule has 0 saturated carbocycles. The number of aromatic hydroxyl groups is 2. The van der Waals surface area contributed by atoms with Crippen LogP contribution in [0.4, 0.5) is 0 Å². The summed E-state index contributed by atoms with van der Waals surface area (Å²) in [6, 6.07) is 7.42. The molecule has 2 rings (SSSR count). The highest BCUT2D eigenvalue weighted by molar-refractivity contribution is 5.85. The molecule has 0 spiro atoms. The molecule has 2 amide bonds. The maximum atomic E-state index is 12.2. The van der Waals surface area contributed by atoms with Gasteiger partial charge in [-0.2, -0.15) is 10.2 Å². The van der Waals surface area contributed by atoms with E-state index in [-0.39, 0.29) is 46.4 Å². The molecule has 9 nitrogen and oxygen atoms in total. The van der Waals surface area contributed by atoms with Gasteiger partial charge in [-0.3, -0.25) is 9.59 Å². The van der Waals surface area contributed by atoms with Crippen LogP contribution in [0, 0.1) is 0 Å². The van der Waals surface area contributed by atoms with E-state index in [1.165, 1.54) is 12.4 Å². The van der Waals surface area contributed by atoms with E-state index in [1.54, 1.807) is 0 Å². The normalized spacial score (nSPS) is 13.1. The lowest BCUT2D eigenvalue weighted by molar-refractivity contribution is -0.130. The van der Waals surface area contributed by atoms with Crippen molar-refractivity contribution in [2.75, 3.05) is 13.2 Å². The molecule has 0 bridgehead atoms. The van der Waals surface area contributed by atoms with Gasteiger partial charge in [0.05, 0.1) is 12.4 Å². The number of ether oxygens (including phenoxy) is 1. The summed E-state index contributed by atoms with van der Waals surface area (Å²) in [7, 11) is 0. The summed E-state index contributed by atoms with van der Waals surface area (Å²) in [5.41, 5.74) is 8.30. The van der Waals surface area contributed by atoms with Gasteiger partial charge in [-0.1, -0.05) is 83.1 Å². The number of phenolic OH excluding ortho intramolecular Hbond substituents is 2. The van der Waals surface area contributed by atoms with Crippen LogP contribution in [0.5, 0.6) is 11.5 Å². The Morgan fingerprint density at radius 3 is 1.09 bits per heavy atom. The number of hydrogen-bond acceptors (Lipinski definition) is 7. The minimum atomic E-state index is -0.521. The van der Waals surface area contributed by atoms with E-state index in [1.807, 2.05) is 107 Å². The Kier molecular flexibility index (Phi) is 11.0. The first-order valence-electron chi connectivity index (χ1n) is 14.5. The van der Waals surface area contributed by atoms with Crippen LogP contribution < -0.4 is 10.9 Å². The first-order valence-corrected chi connectivity index (χ1v) is 14.5. The van der Waals surface area contributed by atoms with Gasteiger partial charge in [-0.05, 0) is 57.1 Å². The third kappa shape index (κ3) is 10.2. The molecule has 4 N–H and O–H groups in total. The molecule has 236 valence electrons. The number of amides is 2. The van der Waals surface area contributed by atoms with Gasteiger partial charge in [0, 0.05) is 22.3 Å². The summed E-state index contributed by atoms with van der Waals surface area (Å²) in [4.78, 5) is 24.4. The van der Waals surface area contributed by atoms with Crippen LogP contribution in [0.25, 0.3) is 0 Å². The Morgan fingerprint density at radius 1 is 0.605 bits per heavy atom. The lowest BCUT2D eigenvalue weighted by Crippen LogP contribution is -2.28. The Balaban J connectivity index is 1.97. The monoisotopic (exact) mass is 594 g/mol. The zero-order chi connectivity index (χ0) is 33.0. The van der Waals surface area contributed by atoms with Gasteiger partial charge < -0.3 is 14.9 Å². The second kappa shape index (κ2) is 13.3. The molecule has 0 aromatic heterocycles. The molecule has 0 unspecified atom stereocenters. The molecule has 0 fully saturated rings. The highest BCUT2D eigenvalue weighted by Crippen LogP contribution is 2.40. The third-order valence-electron chi connectivity index (χ3n) is 6.77. The highest BCUT2D eigenvalue weighted by Gasteiger charge is 2.27. The molecule has 0 atom stereocenters. The fourth-order valence-corrected chi connectivity index (χ4v) is 4.41. The first-order chi connectivity index (χ1) is 19.5. The molecular formula is C34H50N4O5. The minimum absolute atomic E-state index is 0.268. The quantitative estimate of drug-likeness (QED) is 0.223. The molecule has 0 aliphatic carbocycles. The van der Waals surface area contributed by atoms with E-state index >= 15 is 0 Å². The second-order valence-corrected chi connectivity index (χ2v) is 15.0. The number of carbonyl (C=O) groups is 2. The summed E-state index contributed by atoms with van der Waals surface area (Å²) >= 11 is 0. The standard InChI is InChI=1S/C34H50N4O5/c1-31(2,3)23-13-21(14-24(29(23)41)32(4,5)6)17-35-37-27(39)19-43-20-28(40)38-36-18-22-15-25(33(7,8)9)30(42)26(16-22)34(10,11)12/h13-18,41-42H,19-20H2,1-12H3,(H,37,39)(H,38,40). The highest BCUT2D eigenvalue weighted by atomic mass is 16.5. The number of hydrogen-bond donors (Lipinski definition) is 4. The number of phenols is 2. The van der Waals surface area contributed by atoms with Crippen molar-refractivity contribution in [3.63, 3.8) is 0 Å². The lowest BCUT2D eigenvalue weighted by atomic mass is 9.78. The molecule has 0 radical (unpaired) electrons. The number of nitrogens with zero attached hydrogens (tertiary/aromatic N) is 2. The SMILES string of the molecule is CC(C)(C)c1cc(C=NNC(=O)COCC(=O)NN=Cc2cc(C(C)(C)C)c(O)c(C(C)(C)C)c2)cc(C(C)(C)C)c1O. The molecule has 9 heteroatoms. The Bertz CT molecular complexity index is 1210. The smallest absolute Gasteiger partial charge is 0.266 e. The fourth-order valence-electron chi connectivity index (χ4n) is 4.41. The third-order valence-corrected chi connectivity index (χ3v) is 6.77. The van der Waals surface area contributed by atoms with Gasteiger partial charge >= 0.3 is 0 Å². The largest absolute Gasteiger partial charge is 0.507 e. The van der Waals surface area contributed by atoms with Crippen molar-refractivity contribution in [2.24, 2.45) is 10.2 Å². The number of rotatable bonds is 8. The van der Waals surface area contributed by atoms with E-state index in [2.05, 4.69) is 21.1 Å². The molecule has 0 aliphatic heterocycles.